The summed E-state index contributed by atoms with van der Waals surface area (Å²) in [6, 6.07) is 10.9. The van der Waals surface area contributed by atoms with Gasteiger partial charge in [0.05, 0.1) is 4.47 Å². The third-order valence-electron chi connectivity index (χ3n) is 2.82. The Bertz CT molecular complexity index is 632. The van der Waals surface area contributed by atoms with Crippen LogP contribution in [0.3, 0.4) is 0 Å². The normalized spacial score (nSPS) is 11.0. The molecule has 0 unspecified atom stereocenters. The molecule has 2 rings (SSSR count). The van der Waals surface area contributed by atoms with Crippen molar-refractivity contribution < 1.29 is 9.13 Å². The first kappa shape index (κ1) is 16.5. The van der Waals surface area contributed by atoms with Crippen LogP contribution in [0.25, 0.3) is 0 Å². The van der Waals surface area contributed by atoms with Gasteiger partial charge in [-0.05, 0) is 51.8 Å². The fraction of sp³-hybridized carbons (Fsp3) is 0.250. The molecule has 0 aliphatic heterocycles. The summed E-state index contributed by atoms with van der Waals surface area (Å²) in [5.41, 5.74) is 0.892. The van der Waals surface area contributed by atoms with E-state index >= 15 is 0 Å². The van der Waals surface area contributed by atoms with Gasteiger partial charge in [-0.2, -0.15) is 0 Å². The van der Waals surface area contributed by atoms with Crippen LogP contribution >= 0.6 is 31.9 Å². The number of hydrogen-bond donors (Lipinski definition) is 1. The molecule has 0 aromatic heterocycles. The third-order valence-corrected chi connectivity index (χ3v) is 3.94. The topological polar surface area (TPSA) is 21.3 Å². The first-order chi connectivity index (χ1) is 9.95. The highest BCUT2D eigenvalue weighted by atomic mass is 79.9. The zero-order chi connectivity index (χ0) is 15.4. The quantitative estimate of drug-likeness (QED) is 0.680. The molecule has 0 amide bonds. The summed E-state index contributed by atoms with van der Waals surface area (Å²) >= 11 is 6.76. The summed E-state index contributed by atoms with van der Waals surface area (Å²) in [6.45, 7) is 4.74. The maximum Gasteiger partial charge on any atom is 0.166 e. The standard InChI is InChI=1S/C16H16Br2FNO/c1-10(2)20-9-11-3-5-16(14(19)7-11)21-15-6-4-12(17)8-13(15)18/h3-8,10,20H,9H2,1-2H3. The van der Waals surface area contributed by atoms with Crippen LogP contribution < -0.4 is 10.1 Å². The summed E-state index contributed by atoms with van der Waals surface area (Å²) in [4.78, 5) is 0. The lowest BCUT2D eigenvalue weighted by Crippen LogP contribution is -2.21. The fourth-order valence-corrected chi connectivity index (χ4v) is 2.86. The maximum absolute atomic E-state index is 14.1. The Kier molecular flexibility index (Phi) is 5.79. The predicted octanol–water partition coefficient (Wildman–Crippen LogP) is 5.64. The van der Waals surface area contributed by atoms with Gasteiger partial charge in [0.15, 0.2) is 11.6 Å². The van der Waals surface area contributed by atoms with Gasteiger partial charge in [-0.25, -0.2) is 4.39 Å². The van der Waals surface area contributed by atoms with Crippen molar-refractivity contribution in [2.45, 2.75) is 26.4 Å². The number of ether oxygens (including phenoxy) is 1. The lowest BCUT2D eigenvalue weighted by atomic mass is 10.2. The second kappa shape index (κ2) is 7.38. The molecule has 2 aromatic rings. The summed E-state index contributed by atoms with van der Waals surface area (Å²) in [6.07, 6.45) is 0. The molecule has 0 radical (unpaired) electrons. The molecule has 2 nitrogen and oxygen atoms in total. The van der Waals surface area contributed by atoms with Crippen molar-refractivity contribution in [3.63, 3.8) is 0 Å². The Hall–Kier alpha value is -0.910. The fourth-order valence-electron chi connectivity index (χ4n) is 1.74. The monoisotopic (exact) mass is 415 g/mol. The van der Waals surface area contributed by atoms with E-state index in [1.807, 2.05) is 18.2 Å². The van der Waals surface area contributed by atoms with Crippen molar-refractivity contribution in [3.8, 4) is 11.5 Å². The highest BCUT2D eigenvalue weighted by Gasteiger charge is 2.09. The van der Waals surface area contributed by atoms with Crippen LogP contribution in [-0.2, 0) is 6.54 Å². The average molecular weight is 417 g/mol. The predicted molar refractivity (Wildman–Crippen MR) is 90.3 cm³/mol. The molecule has 0 aliphatic carbocycles. The van der Waals surface area contributed by atoms with Gasteiger partial charge in [0.25, 0.3) is 0 Å². The van der Waals surface area contributed by atoms with E-state index in [9.17, 15) is 4.39 Å². The van der Waals surface area contributed by atoms with Crippen LogP contribution in [0.15, 0.2) is 45.3 Å². The molecular weight excluding hydrogens is 401 g/mol. The SMILES string of the molecule is CC(C)NCc1ccc(Oc2ccc(Br)cc2Br)c(F)c1. The molecule has 5 heteroatoms. The van der Waals surface area contributed by atoms with Gasteiger partial charge in [0.1, 0.15) is 5.75 Å². The smallest absolute Gasteiger partial charge is 0.166 e. The number of benzene rings is 2. The van der Waals surface area contributed by atoms with E-state index in [0.717, 1.165) is 14.5 Å². The summed E-state index contributed by atoms with van der Waals surface area (Å²) in [5, 5.41) is 3.25. The van der Waals surface area contributed by atoms with Crippen molar-refractivity contribution in [3.05, 3.63) is 56.7 Å². The van der Waals surface area contributed by atoms with Crippen LogP contribution in [0.2, 0.25) is 0 Å². The Morgan fingerprint density at radius 3 is 2.43 bits per heavy atom. The minimum atomic E-state index is -0.368. The number of halogens is 3. The van der Waals surface area contributed by atoms with Gasteiger partial charge in [0, 0.05) is 17.1 Å². The molecule has 1 N–H and O–H groups in total. The van der Waals surface area contributed by atoms with E-state index in [0.29, 0.717) is 18.3 Å². The lowest BCUT2D eigenvalue weighted by molar-refractivity contribution is 0.439. The average Bonchev–Trinajstić information content (AvgIpc) is 2.42. The first-order valence-corrected chi connectivity index (χ1v) is 8.19. The van der Waals surface area contributed by atoms with Gasteiger partial charge >= 0.3 is 0 Å². The van der Waals surface area contributed by atoms with Crippen molar-refractivity contribution in [1.82, 2.24) is 5.32 Å². The molecule has 21 heavy (non-hydrogen) atoms. The van der Waals surface area contributed by atoms with Gasteiger partial charge in [0.2, 0.25) is 0 Å². The van der Waals surface area contributed by atoms with Gasteiger partial charge < -0.3 is 10.1 Å². The Labute approximate surface area is 141 Å². The second-order valence-corrected chi connectivity index (χ2v) is 6.75. The number of nitrogens with one attached hydrogen (secondary N) is 1. The van der Waals surface area contributed by atoms with E-state index in [1.165, 1.54) is 6.07 Å². The summed E-state index contributed by atoms with van der Waals surface area (Å²) < 4.78 is 21.4. The minimum Gasteiger partial charge on any atom is -0.453 e. The van der Waals surface area contributed by atoms with Crippen LogP contribution in [0.1, 0.15) is 19.4 Å². The second-order valence-electron chi connectivity index (χ2n) is 4.98. The van der Waals surface area contributed by atoms with Crippen LogP contribution in [0, 0.1) is 5.82 Å². The lowest BCUT2D eigenvalue weighted by Gasteiger charge is -2.11. The van der Waals surface area contributed by atoms with Crippen molar-refractivity contribution in [2.24, 2.45) is 0 Å². The first-order valence-electron chi connectivity index (χ1n) is 6.60. The summed E-state index contributed by atoms with van der Waals surface area (Å²) in [7, 11) is 0. The number of rotatable bonds is 5. The zero-order valence-electron chi connectivity index (χ0n) is 11.8. The van der Waals surface area contributed by atoms with E-state index in [1.54, 1.807) is 12.1 Å². The van der Waals surface area contributed by atoms with Gasteiger partial charge in [-0.1, -0.05) is 35.8 Å². The molecule has 0 fully saturated rings. The third kappa shape index (κ3) is 4.80. The molecule has 0 aliphatic rings. The molecule has 0 saturated heterocycles. The largest absolute Gasteiger partial charge is 0.453 e. The molecule has 0 heterocycles. The van der Waals surface area contributed by atoms with Crippen LogP contribution in [-0.4, -0.2) is 6.04 Å². The molecule has 2 aromatic carbocycles. The minimum absolute atomic E-state index is 0.214. The van der Waals surface area contributed by atoms with Crippen molar-refractivity contribution >= 4 is 31.9 Å². The van der Waals surface area contributed by atoms with Gasteiger partial charge in [-0.15, -0.1) is 0 Å². The highest BCUT2D eigenvalue weighted by molar-refractivity contribution is 9.11. The highest BCUT2D eigenvalue weighted by Crippen LogP contribution is 2.33. The van der Waals surface area contributed by atoms with Crippen LogP contribution in [0.4, 0.5) is 4.39 Å². The maximum atomic E-state index is 14.1. The molecule has 0 bridgehead atoms. The van der Waals surface area contributed by atoms with E-state index in [4.69, 9.17) is 4.74 Å². The zero-order valence-corrected chi connectivity index (χ0v) is 15.0. The Morgan fingerprint density at radius 1 is 1.10 bits per heavy atom. The Morgan fingerprint density at radius 2 is 1.81 bits per heavy atom. The molecule has 112 valence electrons. The molecule has 0 saturated carbocycles. The van der Waals surface area contributed by atoms with Crippen LogP contribution in [0.5, 0.6) is 11.5 Å². The molecular formula is C16H16Br2FNO. The Balaban J connectivity index is 2.13. The van der Waals surface area contributed by atoms with E-state index < -0.39 is 0 Å². The summed E-state index contributed by atoms with van der Waals surface area (Å²) in [5.74, 6) is 0.421. The molecule has 0 spiro atoms. The molecule has 0 atom stereocenters. The van der Waals surface area contributed by atoms with Gasteiger partial charge in [-0.3, -0.25) is 0 Å². The number of hydrogen-bond acceptors (Lipinski definition) is 2. The van der Waals surface area contributed by atoms with E-state index in [-0.39, 0.29) is 11.6 Å². The van der Waals surface area contributed by atoms with Crippen molar-refractivity contribution in [1.29, 1.82) is 0 Å². The van der Waals surface area contributed by atoms with Crippen molar-refractivity contribution in [2.75, 3.05) is 0 Å². The van der Waals surface area contributed by atoms with E-state index in [2.05, 4.69) is 51.0 Å².